The van der Waals surface area contributed by atoms with Gasteiger partial charge in [0, 0.05) is 38.6 Å². The van der Waals surface area contributed by atoms with Gasteiger partial charge in [0.1, 0.15) is 0 Å². The Labute approximate surface area is 145 Å². The summed E-state index contributed by atoms with van der Waals surface area (Å²) >= 11 is 0. The maximum absolute atomic E-state index is 12.7. The molecule has 0 aromatic heterocycles. The molecule has 5 heteroatoms. The van der Waals surface area contributed by atoms with Crippen molar-refractivity contribution >= 4 is 18.3 Å². The molecule has 2 heterocycles. The van der Waals surface area contributed by atoms with Gasteiger partial charge in [0.05, 0.1) is 0 Å². The number of nitrogens with zero attached hydrogens (tertiary/aromatic N) is 2. The van der Waals surface area contributed by atoms with Crippen molar-refractivity contribution < 1.29 is 4.79 Å². The van der Waals surface area contributed by atoms with Crippen LogP contribution in [0.15, 0.2) is 30.3 Å². The van der Waals surface area contributed by atoms with Gasteiger partial charge in [-0.3, -0.25) is 9.69 Å². The molecule has 2 aliphatic rings. The Bertz CT molecular complexity index is 476. The second-order valence-electron chi connectivity index (χ2n) is 6.46. The fraction of sp³-hybridized carbons (Fsp3) is 0.611. The van der Waals surface area contributed by atoms with Gasteiger partial charge >= 0.3 is 0 Å². The fourth-order valence-electron chi connectivity index (χ4n) is 3.52. The summed E-state index contributed by atoms with van der Waals surface area (Å²) in [6, 6.07) is 10.6. The van der Waals surface area contributed by atoms with E-state index in [1.165, 1.54) is 5.56 Å². The zero-order valence-corrected chi connectivity index (χ0v) is 14.6. The van der Waals surface area contributed by atoms with E-state index in [2.05, 4.69) is 45.4 Å². The van der Waals surface area contributed by atoms with Crippen LogP contribution in [0.1, 0.15) is 24.8 Å². The minimum Gasteiger partial charge on any atom is -0.341 e. The van der Waals surface area contributed by atoms with Gasteiger partial charge < -0.3 is 10.2 Å². The number of piperidine rings is 1. The predicted octanol–water partition coefficient (Wildman–Crippen LogP) is 2.14. The number of carbonyl (C=O) groups is 1. The van der Waals surface area contributed by atoms with Crippen molar-refractivity contribution in [2.75, 3.05) is 39.3 Å². The third-order valence-electron chi connectivity index (χ3n) is 4.84. The third-order valence-corrected chi connectivity index (χ3v) is 4.84. The first kappa shape index (κ1) is 18.2. The van der Waals surface area contributed by atoms with Gasteiger partial charge in [0.2, 0.25) is 5.91 Å². The number of hydrogen-bond acceptors (Lipinski definition) is 3. The van der Waals surface area contributed by atoms with Crippen LogP contribution in [0.5, 0.6) is 0 Å². The van der Waals surface area contributed by atoms with Gasteiger partial charge in [0.15, 0.2) is 0 Å². The lowest BCUT2D eigenvalue weighted by molar-refractivity contribution is -0.136. The van der Waals surface area contributed by atoms with Crippen molar-refractivity contribution in [2.45, 2.75) is 25.8 Å². The lowest BCUT2D eigenvalue weighted by Gasteiger charge is -2.29. The molecule has 128 valence electrons. The molecule has 0 aliphatic carbocycles. The highest BCUT2D eigenvalue weighted by Gasteiger charge is 2.27. The molecular formula is C18H28ClN3O. The minimum atomic E-state index is 0. The van der Waals surface area contributed by atoms with Gasteiger partial charge in [-0.25, -0.2) is 0 Å². The van der Waals surface area contributed by atoms with Crippen LogP contribution in [0.3, 0.4) is 0 Å². The zero-order valence-electron chi connectivity index (χ0n) is 13.7. The van der Waals surface area contributed by atoms with Crippen LogP contribution >= 0.6 is 12.4 Å². The van der Waals surface area contributed by atoms with Gasteiger partial charge in [-0.1, -0.05) is 30.3 Å². The number of hydrogen-bond donors (Lipinski definition) is 1. The van der Waals surface area contributed by atoms with Crippen molar-refractivity contribution in [1.29, 1.82) is 0 Å². The van der Waals surface area contributed by atoms with Crippen molar-refractivity contribution in [3.05, 3.63) is 35.9 Å². The van der Waals surface area contributed by atoms with Gasteiger partial charge in [-0.2, -0.15) is 0 Å². The molecule has 3 rings (SSSR count). The van der Waals surface area contributed by atoms with Crippen molar-refractivity contribution in [1.82, 2.24) is 15.1 Å². The largest absolute Gasteiger partial charge is 0.341 e. The Hall–Kier alpha value is -1.10. The van der Waals surface area contributed by atoms with Crippen LogP contribution < -0.4 is 5.32 Å². The summed E-state index contributed by atoms with van der Waals surface area (Å²) in [5.41, 5.74) is 1.36. The first-order valence-corrected chi connectivity index (χ1v) is 8.59. The van der Waals surface area contributed by atoms with E-state index in [1.54, 1.807) is 0 Å². The molecule has 2 saturated heterocycles. The second kappa shape index (κ2) is 9.26. The van der Waals surface area contributed by atoms with Crippen molar-refractivity contribution in [3.8, 4) is 0 Å². The molecule has 0 bridgehead atoms. The normalized spacial score (nSPS) is 20.6. The highest BCUT2D eigenvalue weighted by atomic mass is 35.5. The molecule has 1 aromatic carbocycles. The average molecular weight is 338 g/mol. The molecule has 1 N–H and O–H groups in total. The zero-order chi connectivity index (χ0) is 15.2. The Morgan fingerprint density at radius 3 is 2.52 bits per heavy atom. The lowest BCUT2D eigenvalue weighted by Crippen LogP contribution is -2.42. The van der Waals surface area contributed by atoms with Crippen molar-refractivity contribution in [3.63, 3.8) is 0 Å². The molecule has 1 amide bonds. The van der Waals surface area contributed by atoms with Crippen LogP contribution in [0.2, 0.25) is 0 Å². The molecule has 23 heavy (non-hydrogen) atoms. The van der Waals surface area contributed by atoms with Crippen LogP contribution in [0.25, 0.3) is 0 Å². The summed E-state index contributed by atoms with van der Waals surface area (Å²) in [6.07, 6.45) is 3.09. The quantitative estimate of drug-likeness (QED) is 0.918. The molecule has 2 fully saturated rings. The summed E-state index contributed by atoms with van der Waals surface area (Å²) in [5, 5.41) is 3.34. The maximum atomic E-state index is 12.7. The third kappa shape index (κ3) is 5.20. The Kier molecular flexibility index (Phi) is 7.34. The summed E-state index contributed by atoms with van der Waals surface area (Å²) in [5.74, 6) is 0.644. The minimum absolute atomic E-state index is 0. The van der Waals surface area contributed by atoms with Crippen LogP contribution in [-0.2, 0) is 11.3 Å². The molecule has 0 atom stereocenters. The fourth-order valence-corrected chi connectivity index (χ4v) is 3.52. The predicted molar refractivity (Wildman–Crippen MR) is 95.8 cm³/mol. The van der Waals surface area contributed by atoms with E-state index in [0.717, 1.165) is 65.1 Å². The summed E-state index contributed by atoms with van der Waals surface area (Å²) in [6.45, 7) is 6.87. The van der Waals surface area contributed by atoms with Gasteiger partial charge in [-0.05, 0) is 37.9 Å². The Balaban J connectivity index is 0.00000192. The van der Waals surface area contributed by atoms with Crippen LogP contribution in [0.4, 0.5) is 0 Å². The number of benzene rings is 1. The van der Waals surface area contributed by atoms with Gasteiger partial charge in [-0.15, -0.1) is 12.4 Å². The molecule has 0 spiro atoms. The van der Waals surface area contributed by atoms with E-state index in [4.69, 9.17) is 0 Å². The number of amides is 1. The van der Waals surface area contributed by atoms with Crippen LogP contribution in [-0.4, -0.2) is 55.0 Å². The Morgan fingerprint density at radius 2 is 1.78 bits per heavy atom. The Morgan fingerprint density at radius 1 is 1.04 bits per heavy atom. The first-order chi connectivity index (χ1) is 10.8. The standard InChI is InChI=1S/C18H27N3O.ClH/c22-18(17-7-9-19-10-8-17)21-12-4-11-20(13-14-21)15-16-5-2-1-3-6-16;/h1-3,5-6,17,19H,4,7-15H2;1H. The second-order valence-corrected chi connectivity index (χ2v) is 6.46. The first-order valence-electron chi connectivity index (χ1n) is 8.59. The SMILES string of the molecule is Cl.O=C(C1CCNCC1)N1CCCN(Cc2ccccc2)CC1. The van der Waals surface area contributed by atoms with Crippen LogP contribution in [0, 0.1) is 5.92 Å². The average Bonchev–Trinajstić information content (AvgIpc) is 2.82. The highest BCUT2D eigenvalue weighted by Crippen LogP contribution is 2.17. The smallest absolute Gasteiger partial charge is 0.225 e. The van der Waals surface area contributed by atoms with E-state index in [0.29, 0.717) is 5.91 Å². The number of carbonyl (C=O) groups excluding carboxylic acids is 1. The van der Waals surface area contributed by atoms with E-state index >= 15 is 0 Å². The molecule has 0 saturated carbocycles. The number of rotatable bonds is 3. The van der Waals surface area contributed by atoms with E-state index in [1.807, 2.05) is 0 Å². The maximum Gasteiger partial charge on any atom is 0.225 e. The molecule has 0 unspecified atom stereocenters. The number of halogens is 1. The molecule has 2 aliphatic heterocycles. The molecule has 1 aromatic rings. The van der Waals surface area contributed by atoms with E-state index in [9.17, 15) is 4.79 Å². The molecule has 4 nitrogen and oxygen atoms in total. The number of nitrogens with one attached hydrogen (secondary N) is 1. The summed E-state index contributed by atoms with van der Waals surface area (Å²) in [4.78, 5) is 17.2. The van der Waals surface area contributed by atoms with Crippen molar-refractivity contribution in [2.24, 2.45) is 5.92 Å². The topological polar surface area (TPSA) is 35.6 Å². The monoisotopic (exact) mass is 337 g/mol. The van der Waals surface area contributed by atoms with Gasteiger partial charge in [0.25, 0.3) is 0 Å². The highest BCUT2D eigenvalue weighted by molar-refractivity contribution is 5.85. The summed E-state index contributed by atoms with van der Waals surface area (Å²) in [7, 11) is 0. The molecule has 0 radical (unpaired) electrons. The lowest BCUT2D eigenvalue weighted by atomic mass is 9.96. The summed E-state index contributed by atoms with van der Waals surface area (Å²) < 4.78 is 0. The van der Waals surface area contributed by atoms with E-state index < -0.39 is 0 Å². The molecular weight excluding hydrogens is 310 g/mol. The van der Waals surface area contributed by atoms with E-state index in [-0.39, 0.29) is 18.3 Å².